The third-order valence-corrected chi connectivity index (χ3v) is 9.06. The van der Waals surface area contributed by atoms with Crippen molar-refractivity contribution in [1.82, 2.24) is 0 Å². The number of carbonyl (C=O) groups excluding carboxylic acids is 1. The fourth-order valence-electron chi connectivity index (χ4n) is 3.46. The normalized spacial score (nSPS) is 15.9. The van der Waals surface area contributed by atoms with Gasteiger partial charge in [-0.3, -0.25) is 0 Å². The van der Waals surface area contributed by atoms with Gasteiger partial charge in [0.15, 0.2) is 0 Å². The Kier molecular flexibility index (Phi) is 13.8. The Morgan fingerprint density at radius 2 is 1.04 bits per heavy atom. The van der Waals surface area contributed by atoms with Crippen LogP contribution < -0.4 is 0 Å². The van der Waals surface area contributed by atoms with Gasteiger partial charge >= 0.3 is 68.3 Å². The Hall–Kier alpha value is -2.06. The zero-order valence-electron chi connectivity index (χ0n) is 23.5. The van der Waals surface area contributed by atoms with Crippen LogP contribution in [-0.2, 0) is 27.5 Å². The first-order valence-corrected chi connectivity index (χ1v) is 13.8. The molecule has 0 N–H and O–H groups in total. The summed E-state index contributed by atoms with van der Waals surface area (Å²) >= 11 is 0. The van der Waals surface area contributed by atoms with Crippen LogP contribution >= 0.6 is 0 Å². The summed E-state index contributed by atoms with van der Waals surface area (Å²) in [5.74, 6) is -52.4. The third kappa shape index (κ3) is 7.89. The van der Waals surface area contributed by atoms with E-state index >= 15 is 0 Å². The standard InChI is InChI=1S/C21H23F19O6Si/c1-5-12(41)46-10-11(45-7-6-8-47(42-2,43-3)44-4)9-13(22,23)15(25,26)17(29,30)19(33,34)18(31,32)16(27,28)14(24,20(35,36)37)21(38,39)40/h5,11H,1,6-10H2,2-4H3. The van der Waals surface area contributed by atoms with E-state index in [0.29, 0.717) is 6.08 Å². The fourth-order valence-corrected chi connectivity index (χ4v) is 5.15. The van der Waals surface area contributed by atoms with E-state index in [2.05, 4.69) is 16.1 Å². The lowest BCUT2D eigenvalue weighted by Crippen LogP contribution is -2.77. The van der Waals surface area contributed by atoms with Crippen molar-refractivity contribution in [1.29, 1.82) is 0 Å². The predicted octanol–water partition coefficient (Wildman–Crippen LogP) is 7.40. The van der Waals surface area contributed by atoms with E-state index in [0.717, 1.165) is 21.3 Å². The lowest BCUT2D eigenvalue weighted by Gasteiger charge is -2.45. The van der Waals surface area contributed by atoms with Crippen LogP contribution in [-0.4, -0.2) is 109 Å². The van der Waals surface area contributed by atoms with Crippen LogP contribution in [0.3, 0.4) is 0 Å². The average Bonchev–Trinajstić information content (AvgIpc) is 2.93. The zero-order valence-corrected chi connectivity index (χ0v) is 24.5. The molecule has 47 heavy (non-hydrogen) atoms. The summed E-state index contributed by atoms with van der Waals surface area (Å²) in [6, 6.07) is -0.262. The maximum Gasteiger partial charge on any atom is 0.500 e. The summed E-state index contributed by atoms with van der Waals surface area (Å²) in [6.07, 6.45) is -22.6. The van der Waals surface area contributed by atoms with Crippen molar-refractivity contribution in [2.75, 3.05) is 34.5 Å². The van der Waals surface area contributed by atoms with Gasteiger partial charge in [0.25, 0.3) is 0 Å². The maximum atomic E-state index is 14.5. The molecule has 0 rings (SSSR count). The molecule has 0 spiro atoms. The minimum absolute atomic E-state index is 0.262. The van der Waals surface area contributed by atoms with Crippen molar-refractivity contribution in [3.05, 3.63) is 12.7 Å². The molecule has 0 heterocycles. The van der Waals surface area contributed by atoms with Gasteiger partial charge in [-0.1, -0.05) is 6.58 Å². The summed E-state index contributed by atoms with van der Waals surface area (Å²) in [5, 5.41) is 0. The second-order valence-corrected chi connectivity index (χ2v) is 12.3. The second-order valence-electron chi connectivity index (χ2n) is 9.16. The Morgan fingerprint density at radius 3 is 1.40 bits per heavy atom. The number of alkyl halides is 19. The largest absolute Gasteiger partial charge is 0.500 e. The van der Waals surface area contributed by atoms with E-state index in [1.807, 2.05) is 0 Å². The van der Waals surface area contributed by atoms with Crippen LogP contribution in [0.15, 0.2) is 12.7 Å². The van der Waals surface area contributed by atoms with Gasteiger partial charge < -0.3 is 22.8 Å². The van der Waals surface area contributed by atoms with Crippen LogP contribution in [0, 0.1) is 0 Å². The Morgan fingerprint density at radius 1 is 0.660 bits per heavy atom. The molecular weight excluding hydrogens is 737 g/mol. The molecule has 0 aromatic heterocycles. The molecule has 0 radical (unpaired) electrons. The van der Waals surface area contributed by atoms with Crippen LogP contribution in [0.4, 0.5) is 83.4 Å². The van der Waals surface area contributed by atoms with E-state index < -0.39 is 100 Å². The molecule has 6 nitrogen and oxygen atoms in total. The van der Waals surface area contributed by atoms with Crippen LogP contribution in [0.25, 0.3) is 0 Å². The fraction of sp³-hybridized carbons (Fsp3) is 0.857. The molecule has 0 bridgehead atoms. The average molecular weight is 760 g/mol. The summed E-state index contributed by atoms with van der Waals surface area (Å²) < 4.78 is 283. The van der Waals surface area contributed by atoms with Crippen LogP contribution in [0.2, 0.25) is 6.04 Å². The van der Waals surface area contributed by atoms with Crippen LogP contribution in [0.5, 0.6) is 0 Å². The molecule has 1 atom stereocenters. The Bertz CT molecular complexity index is 1040. The summed E-state index contributed by atoms with van der Waals surface area (Å²) in [6.45, 7) is 0.277. The van der Waals surface area contributed by atoms with E-state index in [9.17, 15) is 88.2 Å². The Labute approximate surface area is 252 Å². The molecule has 0 saturated carbocycles. The molecule has 0 fully saturated rings. The highest BCUT2D eigenvalue weighted by Crippen LogP contribution is 2.66. The molecule has 26 heteroatoms. The maximum absolute atomic E-state index is 14.5. The van der Waals surface area contributed by atoms with Gasteiger partial charge in [-0.05, 0) is 6.42 Å². The summed E-state index contributed by atoms with van der Waals surface area (Å²) in [4.78, 5) is 11.2. The van der Waals surface area contributed by atoms with Gasteiger partial charge in [0.2, 0.25) is 0 Å². The molecule has 0 aromatic rings. The first kappa shape index (κ1) is 44.9. The second kappa shape index (κ2) is 14.4. The highest BCUT2D eigenvalue weighted by Gasteiger charge is 2.98. The SMILES string of the molecule is C=CC(=O)OCC(CC(F)(F)C(F)(F)C(F)(F)C(F)(F)C(F)(F)C(F)(F)C(F)(C(F)(F)F)C(F)(F)F)OCCC[Si](OC)(OC)OC. The number of carbonyl (C=O) groups is 1. The molecule has 0 saturated heterocycles. The van der Waals surface area contributed by atoms with Gasteiger partial charge in [0, 0.05) is 46.5 Å². The third-order valence-electron chi connectivity index (χ3n) is 6.23. The topological polar surface area (TPSA) is 63.2 Å². The molecule has 1 unspecified atom stereocenters. The minimum atomic E-state index is -9.13. The molecule has 0 aliphatic carbocycles. The van der Waals surface area contributed by atoms with E-state index in [1.165, 1.54) is 0 Å². The van der Waals surface area contributed by atoms with Gasteiger partial charge in [-0.25, -0.2) is 9.18 Å². The van der Waals surface area contributed by atoms with Gasteiger partial charge in [0.1, 0.15) is 6.61 Å². The van der Waals surface area contributed by atoms with Gasteiger partial charge in [-0.2, -0.15) is 79.0 Å². The molecule has 0 aromatic carbocycles. The van der Waals surface area contributed by atoms with Crippen molar-refractivity contribution in [3.63, 3.8) is 0 Å². The van der Waals surface area contributed by atoms with Crippen molar-refractivity contribution in [2.45, 2.75) is 78.5 Å². The van der Waals surface area contributed by atoms with E-state index in [1.54, 1.807) is 0 Å². The number of hydrogen-bond donors (Lipinski definition) is 0. The number of hydrogen-bond acceptors (Lipinski definition) is 6. The molecule has 280 valence electrons. The van der Waals surface area contributed by atoms with Crippen molar-refractivity contribution in [3.8, 4) is 0 Å². The molecule has 0 aliphatic heterocycles. The molecule has 0 aliphatic rings. The number of rotatable bonds is 19. The first-order chi connectivity index (χ1) is 20.7. The monoisotopic (exact) mass is 760 g/mol. The molecule has 0 amide bonds. The van der Waals surface area contributed by atoms with E-state index in [-0.39, 0.29) is 6.04 Å². The Balaban J connectivity index is 6.72. The number of esters is 1. The first-order valence-electron chi connectivity index (χ1n) is 11.9. The van der Waals surface area contributed by atoms with Gasteiger partial charge in [0.05, 0.1) is 6.10 Å². The van der Waals surface area contributed by atoms with Crippen LogP contribution in [0.1, 0.15) is 12.8 Å². The van der Waals surface area contributed by atoms with Crippen molar-refractivity contribution in [2.24, 2.45) is 0 Å². The molecular formula is C21H23F19O6Si. The van der Waals surface area contributed by atoms with E-state index in [4.69, 9.17) is 13.3 Å². The quantitative estimate of drug-likeness (QED) is 0.0450. The number of ether oxygens (including phenoxy) is 2. The minimum Gasteiger partial charge on any atom is -0.460 e. The van der Waals surface area contributed by atoms with Gasteiger partial charge in [-0.15, -0.1) is 0 Å². The lowest BCUT2D eigenvalue weighted by molar-refractivity contribution is -0.472. The zero-order chi connectivity index (χ0) is 37.9. The summed E-state index contributed by atoms with van der Waals surface area (Å²) in [7, 11) is -0.218. The summed E-state index contributed by atoms with van der Waals surface area (Å²) in [5.41, 5.74) is -8.82. The highest BCUT2D eigenvalue weighted by molar-refractivity contribution is 6.60. The predicted molar refractivity (Wildman–Crippen MR) is 117 cm³/mol. The lowest BCUT2D eigenvalue weighted by atomic mass is 9.83. The van der Waals surface area contributed by atoms with Crippen molar-refractivity contribution >= 4 is 14.8 Å². The smallest absolute Gasteiger partial charge is 0.460 e. The highest BCUT2D eigenvalue weighted by atomic mass is 28.4. The van der Waals surface area contributed by atoms with Crippen molar-refractivity contribution < 1.29 is 111 Å². The number of halogens is 19.